The SMILES string of the molecule is CCCCCCCCCCCCCOCCOCCOCCOCCOCCOCCOCCOCCOCCOCCOC(=O)CCCCC. The molecule has 0 fully saturated rings. The van der Waals surface area contributed by atoms with E-state index in [1.165, 1.54) is 64.2 Å². The number of esters is 1. The van der Waals surface area contributed by atoms with Gasteiger partial charge in [0.15, 0.2) is 0 Å². The summed E-state index contributed by atoms with van der Waals surface area (Å²) in [6, 6.07) is 0. The predicted molar refractivity (Wildman–Crippen MR) is 200 cm³/mol. The van der Waals surface area contributed by atoms with E-state index < -0.39 is 0 Å². The van der Waals surface area contributed by atoms with Crippen LogP contribution in [0.5, 0.6) is 0 Å². The molecule has 0 saturated heterocycles. The van der Waals surface area contributed by atoms with Gasteiger partial charge in [-0.3, -0.25) is 4.79 Å². The molecule has 0 radical (unpaired) electrons. The van der Waals surface area contributed by atoms with Crippen molar-refractivity contribution in [1.29, 1.82) is 0 Å². The van der Waals surface area contributed by atoms with Gasteiger partial charge in [-0.1, -0.05) is 90.9 Å². The number of carbonyl (C=O) groups is 1. The molecule has 0 aromatic rings. The molecule has 306 valence electrons. The Hall–Kier alpha value is -0.930. The summed E-state index contributed by atoms with van der Waals surface area (Å²) in [5.41, 5.74) is 0. The lowest BCUT2D eigenvalue weighted by Crippen LogP contribution is -2.15. The van der Waals surface area contributed by atoms with Crippen LogP contribution in [-0.2, 0) is 56.9 Å². The second-order valence-corrected chi connectivity index (χ2v) is 12.3. The number of carbonyl (C=O) groups excluding carboxylic acids is 1. The van der Waals surface area contributed by atoms with E-state index in [1.807, 2.05) is 0 Å². The van der Waals surface area contributed by atoms with Crippen molar-refractivity contribution >= 4 is 5.97 Å². The fraction of sp³-hybridized carbons (Fsp3) is 0.974. The van der Waals surface area contributed by atoms with Crippen LogP contribution in [0.15, 0.2) is 0 Å². The molecule has 12 nitrogen and oxygen atoms in total. The Morgan fingerprint density at radius 3 is 0.824 bits per heavy atom. The zero-order chi connectivity index (χ0) is 36.8. The fourth-order valence-corrected chi connectivity index (χ4v) is 4.76. The van der Waals surface area contributed by atoms with Crippen molar-refractivity contribution in [2.24, 2.45) is 0 Å². The molecule has 0 amide bonds. The van der Waals surface area contributed by atoms with Gasteiger partial charge in [-0.05, 0) is 12.8 Å². The Balaban J connectivity index is 3.07. The van der Waals surface area contributed by atoms with Crippen LogP contribution < -0.4 is 0 Å². The Morgan fingerprint density at radius 1 is 0.275 bits per heavy atom. The highest BCUT2D eigenvalue weighted by atomic mass is 16.6. The minimum atomic E-state index is -0.156. The molecule has 0 rings (SSSR count). The van der Waals surface area contributed by atoms with Gasteiger partial charge < -0.3 is 52.1 Å². The first-order chi connectivity index (χ1) is 25.3. The molecule has 0 bridgehead atoms. The summed E-state index contributed by atoms with van der Waals surface area (Å²) in [4.78, 5) is 11.5. The van der Waals surface area contributed by atoms with Gasteiger partial charge in [0.05, 0.1) is 126 Å². The van der Waals surface area contributed by atoms with E-state index in [1.54, 1.807) is 0 Å². The molecule has 0 aromatic heterocycles. The largest absolute Gasteiger partial charge is 0.463 e. The van der Waals surface area contributed by atoms with Gasteiger partial charge in [-0.25, -0.2) is 0 Å². The zero-order valence-corrected chi connectivity index (χ0v) is 32.9. The Labute approximate surface area is 311 Å². The molecule has 0 aliphatic heterocycles. The normalized spacial score (nSPS) is 11.5. The average Bonchev–Trinajstić information content (AvgIpc) is 3.13. The summed E-state index contributed by atoms with van der Waals surface area (Å²) in [5, 5.41) is 0. The minimum absolute atomic E-state index is 0.156. The maximum atomic E-state index is 11.5. The average molecular weight is 739 g/mol. The first-order valence-electron chi connectivity index (χ1n) is 20.2. The standard InChI is InChI=1S/C39H78O12/c1-3-5-7-8-9-10-11-12-13-14-16-18-41-19-20-42-21-22-43-23-24-44-25-26-45-27-28-46-29-30-47-31-32-48-33-34-49-35-36-50-37-38-51-39(40)17-15-6-4-2/h3-38H2,1-2H3. The van der Waals surface area contributed by atoms with E-state index in [4.69, 9.17) is 52.1 Å². The van der Waals surface area contributed by atoms with Crippen molar-refractivity contribution in [2.75, 3.05) is 139 Å². The second kappa shape index (κ2) is 47.1. The molecule has 0 aliphatic rings. The highest BCUT2D eigenvalue weighted by Crippen LogP contribution is 2.11. The van der Waals surface area contributed by atoms with Crippen LogP contribution in [0.25, 0.3) is 0 Å². The topological polar surface area (TPSA) is 119 Å². The van der Waals surface area contributed by atoms with Crippen LogP contribution in [0, 0.1) is 0 Å². The minimum Gasteiger partial charge on any atom is -0.463 e. The monoisotopic (exact) mass is 739 g/mol. The fourth-order valence-electron chi connectivity index (χ4n) is 4.76. The highest BCUT2D eigenvalue weighted by Gasteiger charge is 2.02. The third-order valence-electron chi connectivity index (χ3n) is 7.72. The van der Waals surface area contributed by atoms with Crippen LogP contribution in [0.1, 0.15) is 110 Å². The van der Waals surface area contributed by atoms with Gasteiger partial charge in [0.2, 0.25) is 0 Å². The van der Waals surface area contributed by atoms with Gasteiger partial charge in [0.25, 0.3) is 0 Å². The summed E-state index contributed by atoms with van der Waals surface area (Å²) in [6.45, 7) is 15.3. The molecular formula is C39H78O12. The lowest BCUT2D eigenvalue weighted by molar-refractivity contribution is -0.145. The molecule has 0 aromatic carbocycles. The Bertz CT molecular complexity index is 643. The Kier molecular flexibility index (Phi) is 46.2. The number of hydrogen-bond acceptors (Lipinski definition) is 12. The van der Waals surface area contributed by atoms with Crippen LogP contribution in [0.4, 0.5) is 0 Å². The number of unbranched alkanes of at least 4 members (excludes halogenated alkanes) is 12. The van der Waals surface area contributed by atoms with Gasteiger partial charge in [0, 0.05) is 13.0 Å². The number of rotatable bonds is 46. The van der Waals surface area contributed by atoms with Crippen LogP contribution in [0.3, 0.4) is 0 Å². The summed E-state index contributed by atoms with van der Waals surface area (Å²) in [5.74, 6) is -0.156. The molecule has 0 aliphatic carbocycles. The molecule has 0 heterocycles. The highest BCUT2D eigenvalue weighted by molar-refractivity contribution is 5.69. The third-order valence-corrected chi connectivity index (χ3v) is 7.72. The van der Waals surface area contributed by atoms with Crippen molar-refractivity contribution in [3.05, 3.63) is 0 Å². The van der Waals surface area contributed by atoms with E-state index in [2.05, 4.69) is 13.8 Å². The third kappa shape index (κ3) is 47.0. The van der Waals surface area contributed by atoms with Crippen molar-refractivity contribution in [2.45, 2.75) is 110 Å². The molecule has 51 heavy (non-hydrogen) atoms. The number of ether oxygens (including phenoxy) is 11. The predicted octanol–water partition coefficient (Wildman–Crippen LogP) is 6.59. The smallest absolute Gasteiger partial charge is 0.305 e. The number of hydrogen-bond donors (Lipinski definition) is 0. The maximum Gasteiger partial charge on any atom is 0.305 e. The molecule has 0 N–H and O–H groups in total. The summed E-state index contributed by atoms with van der Waals surface area (Å²) >= 11 is 0. The molecule has 0 spiro atoms. The molecule has 0 atom stereocenters. The van der Waals surface area contributed by atoms with E-state index >= 15 is 0 Å². The lowest BCUT2D eigenvalue weighted by atomic mass is 10.1. The van der Waals surface area contributed by atoms with Crippen molar-refractivity contribution in [3.8, 4) is 0 Å². The summed E-state index contributed by atoms with van der Waals surface area (Å²) < 4.78 is 60.2. The van der Waals surface area contributed by atoms with Crippen LogP contribution in [-0.4, -0.2) is 145 Å². The summed E-state index contributed by atoms with van der Waals surface area (Å²) in [7, 11) is 0. The van der Waals surface area contributed by atoms with Crippen LogP contribution in [0.2, 0.25) is 0 Å². The zero-order valence-electron chi connectivity index (χ0n) is 32.9. The molecule has 0 unspecified atom stereocenters. The lowest BCUT2D eigenvalue weighted by Gasteiger charge is -2.09. The molecule has 0 saturated carbocycles. The maximum absolute atomic E-state index is 11.5. The van der Waals surface area contributed by atoms with Crippen LogP contribution >= 0.6 is 0 Å². The molecule has 12 heteroatoms. The van der Waals surface area contributed by atoms with Gasteiger partial charge in [-0.2, -0.15) is 0 Å². The van der Waals surface area contributed by atoms with E-state index in [9.17, 15) is 4.79 Å². The van der Waals surface area contributed by atoms with Crippen molar-refractivity contribution in [3.63, 3.8) is 0 Å². The molecular weight excluding hydrogens is 660 g/mol. The van der Waals surface area contributed by atoms with Crippen molar-refractivity contribution in [1.82, 2.24) is 0 Å². The summed E-state index contributed by atoms with van der Waals surface area (Å²) in [6.07, 6.45) is 18.4. The van der Waals surface area contributed by atoms with Gasteiger partial charge >= 0.3 is 5.97 Å². The van der Waals surface area contributed by atoms with E-state index in [0.29, 0.717) is 132 Å². The van der Waals surface area contributed by atoms with E-state index in [0.717, 1.165) is 32.3 Å². The second-order valence-electron chi connectivity index (χ2n) is 12.3. The quantitative estimate of drug-likeness (QED) is 0.0496. The van der Waals surface area contributed by atoms with Gasteiger partial charge in [-0.15, -0.1) is 0 Å². The van der Waals surface area contributed by atoms with E-state index in [-0.39, 0.29) is 12.6 Å². The first kappa shape index (κ1) is 50.1. The first-order valence-corrected chi connectivity index (χ1v) is 20.2. The van der Waals surface area contributed by atoms with Gasteiger partial charge in [0.1, 0.15) is 6.61 Å². The van der Waals surface area contributed by atoms with Crippen molar-refractivity contribution < 1.29 is 56.9 Å². The Morgan fingerprint density at radius 2 is 0.510 bits per heavy atom.